The molecule has 1 aliphatic heterocycles. The first-order valence-corrected chi connectivity index (χ1v) is 10.6. The van der Waals surface area contributed by atoms with Crippen molar-refractivity contribution >= 4 is 43.4 Å². The van der Waals surface area contributed by atoms with Crippen LogP contribution in [0.2, 0.25) is 0 Å². The zero-order valence-electron chi connectivity index (χ0n) is 14.6. The quantitative estimate of drug-likeness (QED) is 0.679. The van der Waals surface area contributed by atoms with Gasteiger partial charge in [-0.2, -0.15) is 0 Å². The van der Waals surface area contributed by atoms with E-state index in [9.17, 15) is 17.6 Å². The maximum Gasteiger partial charge on any atom is 0.262 e. The second-order valence-electron chi connectivity index (χ2n) is 5.98. The molecule has 1 amide bonds. The third-order valence-electron chi connectivity index (χ3n) is 3.81. The van der Waals surface area contributed by atoms with Crippen LogP contribution < -0.4 is 14.8 Å². The maximum absolute atomic E-state index is 13.1. The third kappa shape index (κ3) is 5.29. The molecular formula is C18H17BrFN3O4S. The minimum Gasteiger partial charge on any atom is -0.483 e. The van der Waals surface area contributed by atoms with Crippen LogP contribution in [0.5, 0.6) is 5.75 Å². The lowest BCUT2D eigenvalue weighted by Gasteiger charge is -2.11. The van der Waals surface area contributed by atoms with E-state index in [1.807, 2.05) is 0 Å². The van der Waals surface area contributed by atoms with Crippen molar-refractivity contribution in [1.29, 1.82) is 0 Å². The lowest BCUT2D eigenvalue weighted by molar-refractivity contribution is -0.118. The number of carbonyl (C=O) groups is 1. The average Bonchev–Trinajstić information content (AvgIpc) is 3.13. The summed E-state index contributed by atoms with van der Waals surface area (Å²) in [5.74, 6) is -0.167. The molecule has 0 aromatic heterocycles. The van der Waals surface area contributed by atoms with Crippen LogP contribution in [0.3, 0.4) is 0 Å². The fourth-order valence-corrected chi connectivity index (χ4v) is 4.11. The van der Waals surface area contributed by atoms with Gasteiger partial charge in [0.1, 0.15) is 17.4 Å². The predicted molar refractivity (Wildman–Crippen MR) is 107 cm³/mol. The number of ether oxygens (including phenoxy) is 1. The number of sulfonamides is 1. The van der Waals surface area contributed by atoms with E-state index in [4.69, 9.17) is 4.74 Å². The first-order chi connectivity index (χ1) is 13.3. The molecule has 2 N–H and O–H groups in total. The highest BCUT2D eigenvalue weighted by Gasteiger charge is 2.19. The normalized spacial score (nSPS) is 13.7. The van der Waals surface area contributed by atoms with E-state index < -0.39 is 21.7 Å². The van der Waals surface area contributed by atoms with Gasteiger partial charge in [0.15, 0.2) is 6.61 Å². The number of halogens is 2. The summed E-state index contributed by atoms with van der Waals surface area (Å²) < 4.78 is 46.1. The van der Waals surface area contributed by atoms with Crippen LogP contribution in [0.1, 0.15) is 12.8 Å². The Morgan fingerprint density at radius 1 is 1.25 bits per heavy atom. The maximum atomic E-state index is 13.1. The number of carbonyl (C=O) groups excluding carboxylic acids is 1. The standard InChI is InChI=1S/C18H17BrFN3O4S/c19-15-9-12(20)6-7-16(15)27-11-18(24)22-13-3-1-4-14(10-13)28(25,26)23-17-5-2-8-21-17/h1,3-4,6-7,9-10H,2,5,8,11H2,(H,21,23)(H,22,24). The number of amidine groups is 1. The second-order valence-corrected chi connectivity index (χ2v) is 8.51. The SMILES string of the molecule is O=C(COc1ccc(F)cc1Br)Nc1cccc(S(=O)(=O)NC2=NCCC2)c1. The molecule has 0 spiro atoms. The van der Waals surface area contributed by atoms with Crippen molar-refractivity contribution in [3.8, 4) is 5.75 Å². The zero-order chi connectivity index (χ0) is 20.1. The summed E-state index contributed by atoms with van der Waals surface area (Å²) in [5, 5.41) is 2.57. The Morgan fingerprint density at radius 2 is 2.07 bits per heavy atom. The van der Waals surface area contributed by atoms with Gasteiger partial charge < -0.3 is 10.1 Å². The monoisotopic (exact) mass is 469 g/mol. The molecule has 10 heteroatoms. The summed E-state index contributed by atoms with van der Waals surface area (Å²) in [6.45, 7) is 0.286. The van der Waals surface area contributed by atoms with Crippen LogP contribution in [0.15, 0.2) is 56.8 Å². The van der Waals surface area contributed by atoms with E-state index in [1.54, 1.807) is 6.07 Å². The van der Waals surface area contributed by atoms with Gasteiger partial charge in [-0.05, 0) is 58.7 Å². The van der Waals surface area contributed by atoms with Gasteiger partial charge >= 0.3 is 0 Å². The first-order valence-electron chi connectivity index (χ1n) is 8.37. The zero-order valence-corrected chi connectivity index (χ0v) is 17.0. The molecule has 3 rings (SSSR count). The molecule has 148 valence electrons. The van der Waals surface area contributed by atoms with Crippen LogP contribution in [0.4, 0.5) is 10.1 Å². The van der Waals surface area contributed by atoms with Gasteiger partial charge in [-0.1, -0.05) is 6.07 Å². The molecule has 0 saturated heterocycles. The topological polar surface area (TPSA) is 96.9 Å². The van der Waals surface area contributed by atoms with E-state index in [0.29, 0.717) is 34.7 Å². The van der Waals surface area contributed by atoms with Crippen LogP contribution in [0.25, 0.3) is 0 Å². The van der Waals surface area contributed by atoms with Gasteiger partial charge in [0, 0.05) is 18.7 Å². The summed E-state index contributed by atoms with van der Waals surface area (Å²) in [4.78, 5) is 16.2. The summed E-state index contributed by atoms with van der Waals surface area (Å²) in [6.07, 6.45) is 1.41. The molecular weight excluding hydrogens is 453 g/mol. The van der Waals surface area contributed by atoms with Gasteiger partial charge in [0.05, 0.1) is 9.37 Å². The van der Waals surface area contributed by atoms with Crippen molar-refractivity contribution in [2.24, 2.45) is 4.99 Å². The van der Waals surface area contributed by atoms with Gasteiger partial charge in [-0.25, -0.2) is 12.8 Å². The van der Waals surface area contributed by atoms with Crippen LogP contribution in [-0.4, -0.2) is 33.3 Å². The van der Waals surface area contributed by atoms with Crippen molar-refractivity contribution in [3.63, 3.8) is 0 Å². The van der Waals surface area contributed by atoms with Crippen molar-refractivity contribution in [2.45, 2.75) is 17.7 Å². The fourth-order valence-electron chi connectivity index (χ4n) is 2.51. The number of rotatable bonds is 6. The Bertz CT molecular complexity index is 1030. The Morgan fingerprint density at radius 3 is 2.79 bits per heavy atom. The van der Waals surface area contributed by atoms with E-state index in [-0.39, 0.29) is 11.5 Å². The molecule has 0 radical (unpaired) electrons. The van der Waals surface area contributed by atoms with Gasteiger partial charge in [0.25, 0.3) is 15.9 Å². The highest BCUT2D eigenvalue weighted by Crippen LogP contribution is 2.25. The minimum atomic E-state index is -3.77. The first kappa shape index (κ1) is 20.3. The number of nitrogens with zero attached hydrogens (tertiary/aromatic N) is 1. The van der Waals surface area contributed by atoms with E-state index in [0.717, 1.165) is 6.42 Å². The van der Waals surface area contributed by atoms with Crippen LogP contribution >= 0.6 is 15.9 Å². The van der Waals surface area contributed by atoms with Gasteiger partial charge in [0.2, 0.25) is 0 Å². The minimum absolute atomic E-state index is 0.0158. The molecule has 2 aromatic carbocycles. The van der Waals surface area contributed by atoms with E-state index in [1.165, 1.54) is 36.4 Å². The summed E-state index contributed by atoms with van der Waals surface area (Å²) >= 11 is 3.15. The Kier molecular flexibility index (Phi) is 6.30. The molecule has 2 aromatic rings. The number of nitrogens with one attached hydrogen (secondary N) is 2. The number of anilines is 1. The van der Waals surface area contributed by atoms with Gasteiger partial charge in [-0.3, -0.25) is 14.5 Å². The number of hydrogen-bond donors (Lipinski definition) is 2. The molecule has 0 aliphatic carbocycles. The largest absolute Gasteiger partial charge is 0.483 e. The highest BCUT2D eigenvalue weighted by atomic mass is 79.9. The molecule has 28 heavy (non-hydrogen) atoms. The second kappa shape index (κ2) is 8.70. The van der Waals surface area contributed by atoms with Crippen molar-refractivity contribution in [2.75, 3.05) is 18.5 Å². The highest BCUT2D eigenvalue weighted by molar-refractivity contribution is 9.10. The van der Waals surface area contributed by atoms with E-state index >= 15 is 0 Å². The Balaban J connectivity index is 1.62. The summed E-state index contributed by atoms with van der Waals surface area (Å²) in [6, 6.07) is 9.72. The third-order valence-corrected chi connectivity index (χ3v) is 5.81. The fraction of sp³-hybridized carbons (Fsp3) is 0.222. The average molecular weight is 470 g/mol. The molecule has 7 nitrogen and oxygen atoms in total. The smallest absolute Gasteiger partial charge is 0.262 e. The van der Waals surface area contributed by atoms with Crippen LogP contribution in [-0.2, 0) is 14.8 Å². The summed E-state index contributed by atoms with van der Waals surface area (Å²) in [5.41, 5.74) is 0.308. The predicted octanol–water partition coefficient (Wildman–Crippen LogP) is 3.08. The number of aliphatic imine (C=N–C) groups is 1. The number of amides is 1. The summed E-state index contributed by atoms with van der Waals surface area (Å²) in [7, 11) is -3.77. The Labute approximate surface area is 170 Å². The molecule has 1 aliphatic rings. The lowest BCUT2D eigenvalue weighted by atomic mass is 10.3. The van der Waals surface area contributed by atoms with Gasteiger partial charge in [-0.15, -0.1) is 0 Å². The molecule has 0 fully saturated rings. The Hall–Kier alpha value is -2.46. The van der Waals surface area contributed by atoms with Crippen molar-refractivity contribution < 1.29 is 22.3 Å². The van der Waals surface area contributed by atoms with Crippen molar-refractivity contribution in [1.82, 2.24) is 4.72 Å². The molecule has 1 heterocycles. The van der Waals surface area contributed by atoms with E-state index in [2.05, 4.69) is 31.0 Å². The molecule has 0 unspecified atom stereocenters. The van der Waals surface area contributed by atoms with Crippen molar-refractivity contribution in [3.05, 3.63) is 52.8 Å². The van der Waals surface area contributed by atoms with Crippen LogP contribution in [0, 0.1) is 5.82 Å². The molecule has 0 atom stereocenters. The number of benzene rings is 2. The number of hydrogen-bond acceptors (Lipinski definition) is 5. The lowest BCUT2D eigenvalue weighted by Crippen LogP contribution is -2.29. The molecule has 0 bridgehead atoms. The molecule has 0 saturated carbocycles.